The van der Waals surface area contributed by atoms with Crippen LogP contribution in [0.25, 0.3) is 0 Å². The molecule has 0 radical (unpaired) electrons. The zero-order valence-corrected chi connectivity index (χ0v) is 12.9. The van der Waals surface area contributed by atoms with E-state index in [1.807, 2.05) is 6.07 Å². The molecule has 0 aliphatic rings. The summed E-state index contributed by atoms with van der Waals surface area (Å²) < 4.78 is 13.8. The van der Waals surface area contributed by atoms with Gasteiger partial charge in [-0.15, -0.1) is 0 Å². The Morgan fingerprint density at radius 2 is 1.94 bits per heavy atom. The Kier molecular flexibility index (Phi) is 7.33. The van der Waals surface area contributed by atoms with Crippen LogP contribution >= 0.6 is 15.9 Å². The zero-order valence-electron chi connectivity index (χ0n) is 11.3. The Labute approximate surface area is 118 Å². The quantitative estimate of drug-likeness (QED) is 0.602. The van der Waals surface area contributed by atoms with Gasteiger partial charge in [-0.1, -0.05) is 39.0 Å². The van der Waals surface area contributed by atoms with Gasteiger partial charge in [0.15, 0.2) is 0 Å². The second-order valence-electron chi connectivity index (χ2n) is 4.88. The summed E-state index contributed by atoms with van der Waals surface area (Å²) in [5.74, 6) is -0.213. The van der Waals surface area contributed by atoms with Crippen molar-refractivity contribution in [1.82, 2.24) is 0 Å². The molecule has 0 bridgehead atoms. The van der Waals surface area contributed by atoms with Gasteiger partial charge in [0.2, 0.25) is 0 Å². The molecule has 1 aromatic carbocycles. The first kappa shape index (κ1) is 15.5. The summed E-state index contributed by atoms with van der Waals surface area (Å²) in [5, 5.41) is 3.34. The van der Waals surface area contributed by atoms with Gasteiger partial charge in [0, 0.05) is 11.7 Å². The van der Waals surface area contributed by atoms with Crippen molar-refractivity contribution >= 4 is 21.6 Å². The third-order valence-electron chi connectivity index (χ3n) is 3.07. The van der Waals surface area contributed by atoms with Crippen LogP contribution in [0.3, 0.4) is 0 Å². The zero-order chi connectivity index (χ0) is 13.4. The largest absolute Gasteiger partial charge is 0.383 e. The number of hydrogen-bond acceptors (Lipinski definition) is 1. The minimum atomic E-state index is -0.213. The van der Waals surface area contributed by atoms with Crippen molar-refractivity contribution in [3.63, 3.8) is 0 Å². The van der Waals surface area contributed by atoms with Gasteiger partial charge in [-0.05, 0) is 47.5 Å². The normalized spacial score (nSPS) is 12.4. The van der Waals surface area contributed by atoms with Crippen molar-refractivity contribution < 1.29 is 4.39 Å². The third-order valence-corrected chi connectivity index (χ3v) is 3.72. The minimum Gasteiger partial charge on any atom is -0.383 e. The maximum Gasteiger partial charge on any atom is 0.139 e. The molecule has 1 nitrogen and oxygen atoms in total. The second-order valence-corrected chi connectivity index (χ2v) is 5.73. The number of halogens is 2. The van der Waals surface area contributed by atoms with Crippen LogP contribution in [-0.4, -0.2) is 6.04 Å². The van der Waals surface area contributed by atoms with E-state index in [0.717, 1.165) is 12.1 Å². The monoisotopic (exact) mass is 315 g/mol. The fraction of sp³-hybridized carbons (Fsp3) is 0.600. The molecule has 1 rings (SSSR count). The molecule has 0 saturated carbocycles. The van der Waals surface area contributed by atoms with E-state index in [4.69, 9.17) is 0 Å². The van der Waals surface area contributed by atoms with Gasteiger partial charge in [0.25, 0.3) is 0 Å². The molecule has 1 aromatic rings. The molecular formula is C15H23BrFN. The second kappa shape index (κ2) is 8.52. The van der Waals surface area contributed by atoms with Gasteiger partial charge in [-0.2, -0.15) is 0 Å². The highest BCUT2D eigenvalue weighted by Crippen LogP contribution is 2.20. The predicted octanol–water partition coefficient (Wildman–Crippen LogP) is 5.75. The Morgan fingerprint density at radius 1 is 1.22 bits per heavy atom. The van der Waals surface area contributed by atoms with Crippen molar-refractivity contribution in [2.75, 3.05) is 5.32 Å². The SMILES string of the molecule is CCCCCCCC(C)Nc1ccc(Br)c(F)c1. The van der Waals surface area contributed by atoms with E-state index in [1.165, 1.54) is 38.2 Å². The van der Waals surface area contributed by atoms with Crippen molar-refractivity contribution in [1.29, 1.82) is 0 Å². The standard InChI is InChI=1S/C15H23BrFN/c1-3-4-5-6-7-8-12(2)18-13-9-10-14(16)15(17)11-13/h9-12,18H,3-8H2,1-2H3. The molecule has 0 amide bonds. The van der Waals surface area contributed by atoms with Crippen molar-refractivity contribution in [3.05, 3.63) is 28.5 Å². The molecule has 0 saturated heterocycles. The van der Waals surface area contributed by atoms with Gasteiger partial charge in [0.05, 0.1) is 4.47 Å². The highest BCUT2D eigenvalue weighted by molar-refractivity contribution is 9.10. The van der Waals surface area contributed by atoms with Crippen molar-refractivity contribution in [3.8, 4) is 0 Å². The molecule has 0 heterocycles. The molecule has 0 spiro atoms. The van der Waals surface area contributed by atoms with Crippen LogP contribution in [0, 0.1) is 5.82 Å². The molecule has 1 unspecified atom stereocenters. The summed E-state index contributed by atoms with van der Waals surface area (Å²) in [6.07, 6.45) is 7.63. The maximum atomic E-state index is 13.3. The first-order chi connectivity index (χ1) is 8.63. The first-order valence-electron chi connectivity index (χ1n) is 6.85. The van der Waals surface area contributed by atoms with E-state index in [2.05, 4.69) is 35.1 Å². The summed E-state index contributed by atoms with van der Waals surface area (Å²) in [6, 6.07) is 5.58. The first-order valence-corrected chi connectivity index (χ1v) is 7.64. The molecule has 0 fully saturated rings. The van der Waals surface area contributed by atoms with E-state index in [1.54, 1.807) is 6.07 Å². The Hall–Kier alpha value is -0.570. The summed E-state index contributed by atoms with van der Waals surface area (Å²) in [7, 11) is 0. The summed E-state index contributed by atoms with van der Waals surface area (Å²) in [5.41, 5.74) is 0.858. The van der Waals surface area contributed by atoms with Crippen molar-refractivity contribution in [2.45, 2.75) is 58.4 Å². The van der Waals surface area contributed by atoms with Crippen LogP contribution in [0.5, 0.6) is 0 Å². The van der Waals surface area contributed by atoms with E-state index in [-0.39, 0.29) is 5.82 Å². The molecule has 102 valence electrons. The van der Waals surface area contributed by atoms with E-state index >= 15 is 0 Å². The fourth-order valence-electron chi connectivity index (χ4n) is 2.00. The van der Waals surface area contributed by atoms with Gasteiger partial charge in [-0.3, -0.25) is 0 Å². The average Bonchev–Trinajstić information content (AvgIpc) is 2.34. The van der Waals surface area contributed by atoms with Crippen molar-refractivity contribution in [2.24, 2.45) is 0 Å². The average molecular weight is 316 g/mol. The molecule has 0 aromatic heterocycles. The molecule has 0 aliphatic heterocycles. The van der Waals surface area contributed by atoms with Crippen LogP contribution in [0.2, 0.25) is 0 Å². The molecular weight excluding hydrogens is 293 g/mol. The predicted molar refractivity (Wildman–Crippen MR) is 80.6 cm³/mol. The number of nitrogens with one attached hydrogen (secondary N) is 1. The number of unbranched alkanes of at least 4 members (excludes halogenated alkanes) is 4. The van der Waals surface area contributed by atoms with Gasteiger partial charge in [0.1, 0.15) is 5.82 Å². The smallest absolute Gasteiger partial charge is 0.139 e. The van der Waals surface area contributed by atoms with Gasteiger partial charge >= 0.3 is 0 Å². The van der Waals surface area contributed by atoms with E-state index in [0.29, 0.717) is 10.5 Å². The van der Waals surface area contributed by atoms with Crippen LogP contribution in [0.1, 0.15) is 52.4 Å². The molecule has 1 N–H and O–H groups in total. The summed E-state index contributed by atoms with van der Waals surface area (Å²) in [4.78, 5) is 0. The topological polar surface area (TPSA) is 12.0 Å². The number of anilines is 1. The Bertz CT molecular complexity index is 354. The lowest BCUT2D eigenvalue weighted by Crippen LogP contribution is -2.14. The highest BCUT2D eigenvalue weighted by atomic mass is 79.9. The van der Waals surface area contributed by atoms with E-state index in [9.17, 15) is 4.39 Å². The molecule has 18 heavy (non-hydrogen) atoms. The number of hydrogen-bond donors (Lipinski definition) is 1. The Balaban J connectivity index is 2.26. The lowest BCUT2D eigenvalue weighted by Gasteiger charge is -2.15. The van der Waals surface area contributed by atoms with Gasteiger partial charge in [-0.25, -0.2) is 4.39 Å². The molecule has 0 aliphatic carbocycles. The maximum absolute atomic E-state index is 13.3. The lowest BCUT2D eigenvalue weighted by atomic mass is 10.1. The highest BCUT2D eigenvalue weighted by Gasteiger charge is 2.04. The van der Waals surface area contributed by atoms with Crippen LogP contribution in [0.15, 0.2) is 22.7 Å². The van der Waals surface area contributed by atoms with Gasteiger partial charge < -0.3 is 5.32 Å². The fourth-order valence-corrected chi connectivity index (χ4v) is 2.24. The Morgan fingerprint density at radius 3 is 2.61 bits per heavy atom. The van der Waals surface area contributed by atoms with Crippen LogP contribution in [-0.2, 0) is 0 Å². The number of benzene rings is 1. The van der Waals surface area contributed by atoms with Crippen LogP contribution < -0.4 is 5.32 Å². The van der Waals surface area contributed by atoms with Crippen LogP contribution in [0.4, 0.5) is 10.1 Å². The summed E-state index contributed by atoms with van der Waals surface area (Å²) >= 11 is 3.16. The third kappa shape index (κ3) is 5.85. The minimum absolute atomic E-state index is 0.213. The molecule has 3 heteroatoms. The lowest BCUT2D eigenvalue weighted by molar-refractivity contribution is 0.577. The number of rotatable bonds is 8. The summed E-state index contributed by atoms with van der Waals surface area (Å²) in [6.45, 7) is 4.38. The van der Waals surface area contributed by atoms with E-state index < -0.39 is 0 Å². The molecule has 1 atom stereocenters.